The van der Waals surface area contributed by atoms with Gasteiger partial charge in [0.05, 0.1) is 0 Å². The van der Waals surface area contributed by atoms with E-state index in [2.05, 4.69) is 18.3 Å². The monoisotopic (exact) mass is 283 g/mol. The highest BCUT2D eigenvalue weighted by molar-refractivity contribution is 6.33. The molecule has 1 aliphatic carbocycles. The molecule has 0 aliphatic heterocycles. The summed E-state index contributed by atoms with van der Waals surface area (Å²) >= 11 is 12.2. The van der Waals surface area contributed by atoms with Crippen molar-refractivity contribution in [1.29, 1.82) is 0 Å². The number of benzene rings is 1. The topological polar surface area (TPSA) is 12.0 Å². The van der Waals surface area contributed by atoms with Crippen LogP contribution in [-0.4, -0.2) is 6.54 Å². The Morgan fingerprint density at radius 2 is 2.17 bits per heavy atom. The Labute approximate surface area is 119 Å². The lowest BCUT2D eigenvalue weighted by Gasteiger charge is -2.16. The summed E-state index contributed by atoms with van der Waals surface area (Å²) in [5, 5.41) is 5.02. The molecule has 3 heteroatoms. The minimum atomic E-state index is 0.234. The number of hydrogen-bond acceptors (Lipinski definition) is 1. The molecule has 1 atom stereocenters. The van der Waals surface area contributed by atoms with Crippen LogP contribution in [-0.2, 0) is 0 Å². The Hall–Kier alpha value is -0.500. The fourth-order valence-electron chi connectivity index (χ4n) is 2.37. The number of allylic oxidation sites excluding steroid dienone is 1. The van der Waals surface area contributed by atoms with E-state index in [0.29, 0.717) is 0 Å². The Kier molecular flexibility index (Phi) is 5.11. The number of hydrogen-bond donors (Lipinski definition) is 1. The first-order valence-electron chi connectivity index (χ1n) is 6.53. The van der Waals surface area contributed by atoms with Gasteiger partial charge >= 0.3 is 0 Å². The maximum atomic E-state index is 6.19. The van der Waals surface area contributed by atoms with Crippen molar-refractivity contribution in [3.8, 4) is 0 Å². The third-order valence-corrected chi connectivity index (χ3v) is 4.04. The fraction of sp³-hybridized carbons (Fsp3) is 0.467. The van der Waals surface area contributed by atoms with Crippen LogP contribution >= 0.6 is 23.2 Å². The zero-order valence-corrected chi connectivity index (χ0v) is 12.2. The van der Waals surface area contributed by atoms with Crippen molar-refractivity contribution in [1.82, 2.24) is 5.32 Å². The van der Waals surface area contributed by atoms with Crippen molar-refractivity contribution in [2.75, 3.05) is 6.54 Å². The molecule has 98 valence electrons. The van der Waals surface area contributed by atoms with E-state index in [4.69, 9.17) is 23.2 Å². The van der Waals surface area contributed by atoms with E-state index in [9.17, 15) is 0 Å². The number of rotatable bonds is 5. The van der Waals surface area contributed by atoms with Gasteiger partial charge in [0, 0.05) is 16.1 Å². The number of nitrogens with one attached hydrogen (secondary N) is 1. The highest BCUT2D eigenvalue weighted by Gasteiger charge is 2.10. The van der Waals surface area contributed by atoms with Crippen molar-refractivity contribution in [3.63, 3.8) is 0 Å². The minimum Gasteiger partial charge on any atom is -0.310 e. The van der Waals surface area contributed by atoms with E-state index >= 15 is 0 Å². The first-order valence-corrected chi connectivity index (χ1v) is 7.28. The summed E-state index contributed by atoms with van der Waals surface area (Å²) in [4.78, 5) is 0. The molecule has 0 heterocycles. The molecule has 0 saturated heterocycles. The Morgan fingerprint density at radius 3 is 2.89 bits per heavy atom. The van der Waals surface area contributed by atoms with Crippen LogP contribution in [0, 0.1) is 0 Å². The van der Waals surface area contributed by atoms with Gasteiger partial charge in [0.25, 0.3) is 0 Å². The molecule has 18 heavy (non-hydrogen) atoms. The highest BCUT2D eigenvalue weighted by atomic mass is 35.5. The summed E-state index contributed by atoms with van der Waals surface area (Å²) in [7, 11) is 0. The van der Waals surface area contributed by atoms with Crippen LogP contribution < -0.4 is 5.32 Å². The van der Waals surface area contributed by atoms with Gasteiger partial charge < -0.3 is 5.32 Å². The molecule has 0 bridgehead atoms. The molecule has 2 rings (SSSR count). The molecule has 1 aromatic rings. The second-order valence-corrected chi connectivity index (χ2v) is 5.69. The van der Waals surface area contributed by atoms with Crippen molar-refractivity contribution >= 4 is 23.2 Å². The van der Waals surface area contributed by atoms with Gasteiger partial charge in [-0.05, 0) is 62.9 Å². The van der Waals surface area contributed by atoms with Crippen molar-refractivity contribution in [2.24, 2.45) is 0 Å². The zero-order valence-electron chi connectivity index (χ0n) is 10.7. The summed E-state index contributed by atoms with van der Waals surface area (Å²) in [5.74, 6) is 0. The van der Waals surface area contributed by atoms with Gasteiger partial charge in [0.15, 0.2) is 0 Å². The average Bonchev–Trinajstić information content (AvgIpc) is 2.85. The van der Waals surface area contributed by atoms with Crippen LogP contribution in [0.5, 0.6) is 0 Å². The normalized spacial score (nSPS) is 16.7. The average molecular weight is 284 g/mol. The van der Waals surface area contributed by atoms with E-state index in [0.717, 1.165) is 28.6 Å². The van der Waals surface area contributed by atoms with E-state index in [-0.39, 0.29) is 6.04 Å². The van der Waals surface area contributed by atoms with Crippen LogP contribution in [0.3, 0.4) is 0 Å². The quantitative estimate of drug-likeness (QED) is 0.738. The standard InChI is InChI=1S/C15H19Cl2N/c1-11(14-10-13(16)6-7-15(14)17)18-9-8-12-4-2-3-5-12/h4,6-7,10-11,18H,2-3,5,8-9H2,1H3. The Morgan fingerprint density at radius 1 is 1.33 bits per heavy atom. The smallest absolute Gasteiger partial charge is 0.0454 e. The fourth-order valence-corrected chi connectivity index (χ4v) is 2.83. The molecular weight excluding hydrogens is 265 g/mol. The SMILES string of the molecule is CC(NCCC1=CCCC1)c1cc(Cl)ccc1Cl. The minimum absolute atomic E-state index is 0.234. The number of halogens is 2. The van der Waals surface area contributed by atoms with Crippen LogP contribution in [0.25, 0.3) is 0 Å². The molecule has 0 fully saturated rings. The Bertz CT molecular complexity index is 440. The predicted octanol–water partition coefficient (Wildman–Crippen LogP) is 5.14. The molecule has 1 aromatic carbocycles. The van der Waals surface area contributed by atoms with Gasteiger partial charge in [-0.3, -0.25) is 0 Å². The second kappa shape index (κ2) is 6.60. The molecule has 0 spiro atoms. The molecule has 1 N–H and O–H groups in total. The first kappa shape index (κ1) is 13.9. The molecule has 1 aliphatic rings. The van der Waals surface area contributed by atoms with E-state index < -0.39 is 0 Å². The van der Waals surface area contributed by atoms with Crippen LogP contribution in [0.2, 0.25) is 10.0 Å². The second-order valence-electron chi connectivity index (χ2n) is 4.85. The largest absolute Gasteiger partial charge is 0.310 e. The summed E-state index contributed by atoms with van der Waals surface area (Å²) < 4.78 is 0. The molecule has 0 saturated carbocycles. The molecule has 0 aromatic heterocycles. The van der Waals surface area contributed by atoms with E-state index in [1.807, 2.05) is 18.2 Å². The maximum Gasteiger partial charge on any atom is 0.0454 e. The first-order chi connectivity index (χ1) is 8.66. The van der Waals surface area contributed by atoms with Crippen molar-refractivity contribution < 1.29 is 0 Å². The van der Waals surface area contributed by atoms with Crippen molar-refractivity contribution in [3.05, 3.63) is 45.5 Å². The molecular formula is C15H19Cl2N. The summed E-state index contributed by atoms with van der Waals surface area (Å²) in [6.45, 7) is 3.12. The van der Waals surface area contributed by atoms with Gasteiger partial charge in [0.1, 0.15) is 0 Å². The van der Waals surface area contributed by atoms with Gasteiger partial charge in [-0.2, -0.15) is 0 Å². The lowest BCUT2D eigenvalue weighted by Crippen LogP contribution is -2.20. The molecule has 0 radical (unpaired) electrons. The predicted molar refractivity (Wildman–Crippen MR) is 79.4 cm³/mol. The molecule has 1 unspecified atom stereocenters. The van der Waals surface area contributed by atoms with Gasteiger partial charge in [-0.15, -0.1) is 0 Å². The summed E-state index contributed by atoms with van der Waals surface area (Å²) in [6.07, 6.45) is 7.37. The third kappa shape index (κ3) is 3.74. The van der Waals surface area contributed by atoms with Crippen LogP contribution in [0.4, 0.5) is 0 Å². The third-order valence-electron chi connectivity index (χ3n) is 3.46. The molecule has 1 nitrogen and oxygen atoms in total. The maximum absolute atomic E-state index is 6.19. The van der Waals surface area contributed by atoms with Crippen LogP contribution in [0.15, 0.2) is 29.8 Å². The van der Waals surface area contributed by atoms with Gasteiger partial charge in [0.2, 0.25) is 0 Å². The summed E-state index contributed by atoms with van der Waals surface area (Å²) in [6, 6.07) is 5.86. The van der Waals surface area contributed by atoms with Gasteiger partial charge in [-0.1, -0.05) is 34.9 Å². The molecule has 0 amide bonds. The van der Waals surface area contributed by atoms with Crippen LogP contribution in [0.1, 0.15) is 44.2 Å². The Balaban J connectivity index is 1.86. The lowest BCUT2D eigenvalue weighted by atomic mass is 10.1. The summed E-state index contributed by atoms with van der Waals surface area (Å²) in [5.41, 5.74) is 2.66. The zero-order chi connectivity index (χ0) is 13.0. The highest BCUT2D eigenvalue weighted by Crippen LogP contribution is 2.26. The van der Waals surface area contributed by atoms with Crippen molar-refractivity contribution in [2.45, 2.75) is 38.6 Å². The van der Waals surface area contributed by atoms with E-state index in [1.165, 1.54) is 19.3 Å². The lowest BCUT2D eigenvalue weighted by molar-refractivity contribution is 0.573. The van der Waals surface area contributed by atoms with E-state index in [1.54, 1.807) is 5.57 Å². The van der Waals surface area contributed by atoms with Gasteiger partial charge in [-0.25, -0.2) is 0 Å².